The number of rotatable bonds is 4. The van der Waals surface area contributed by atoms with E-state index >= 15 is 0 Å². The van der Waals surface area contributed by atoms with Crippen molar-refractivity contribution in [2.24, 2.45) is 0 Å². The molecule has 0 aromatic carbocycles. The number of aryl methyl sites for hydroxylation is 1. The van der Waals surface area contributed by atoms with Gasteiger partial charge in [-0.1, -0.05) is 0 Å². The van der Waals surface area contributed by atoms with Gasteiger partial charge in [-0.2, -0.15) is 0 Å². The van der Waals surface area contributed by atoms with Crippen LogP contribution in [0.5, 0.6) is 5.88 Å². The van der Waals surface area contributed by atoms with Crippen molar-refractivity contribution in [3.63, 3.8) is 0 Å². The second-order valence-electron chi connectivity index (χ2n) is 3.62. The van der Waals surface area contributed by atoms with Crippen LogP contribution in [0.3, 0.4) is 0 Å². The summed E-state index contributed by atoms with van der Waals surface area (Å²) in [6.45, 7) is 4.37. The predicted octanol–water partition coefficient (Wildman–Crippen LogP) is 2.31. The average molecular weight is 262 g/mol. The van der Waals surface area contributed by atoms with Crippen molar-refractivity contribution in [3.8, 4) is 5.88 Å². The number of hydrogen-bond acceptors (Lipinski definition) is 6. The van der Waals surface area contributed by atoms with Crippen molar-refractivity contribution in [1.82, 2.24) is 15.0 Å². The molecule has 2 heterocycles. The van der Waals surface area contributed by atoms with Crippen molar-refractivity contribution >= 4 is 17.4 Å². The molecule has 0 amide bonds. The molecule has 0 saturated heterocycles. The molecule has 0 fully saturated rings. The minimum absolute atomic E-state index is 0.453. The van der Waals surface area contributed by atoms with E-state index in [9.17, 15) is 0 Å². The van der Waals surface area contributed by atoms with Crippen LogP contribution in [0.2, 0.25) is 0 Å². The van der Waals surface area contributed by atoms with E-state index in [0.717, 1.165) is 10.6 Å². The van der Waals surface area contributed by atoms with Crippen LogP contribution >= 0.6 is 11.8 Å². The molecule has 0 unspecified atom stereocenters. The smallest absolute Gasteiger partial charge is 0.238 e. The van der Waals surface area contributed by atoms with E-state index < -0.39 is 0 Å². The van der Waals surface area contributed by atoms with Crippen LogP contribution in [-0.2, 0) is 0 Å². The maximum absolute atomic E-state index is 5.76. The minimum atomic E-state index is 0.453. The summed E-state index contributed by atoms with van der Waals surface area (Å²) in [6, 6.07) is 3.60. The van der Waals surface area contributed by atoms with Crippen molar-refractivity contribution in [1.29, 1.82) is 0 Å². The van der Waals surface area contributed by atoms with E-state index in [4.69, 9.17) is 10.5 Å². The van der Waals surface area contributed by atoms with Crippen LogP contribution in [0.4, 0.5) is 5.69 Å². The highest BCUT2D eigenvalue weighted by atomic mass is 32.2. The van der Waals surface area contributed by atoms with E-state index in [-0.39, 0.29) is 0 Å². The van der Waals surface area contributed by atoms with Gasteiger partial charge in [0, 0.05) is 12.4 Å². The van der Waals surface area contributed by atoms with E-state index in [1.807, 2.05) is 19.9 Å². The Bertz CT molecular complexity index is 530. The van der Waals surface area contributed by atoms with Gasteiger partial charge in [0.05, 0.1) is 12.3 Å². The predicted molar refractivity (Wildman–Crippen MR) is 70.7 cm³/mol. The molecule has 0 radical (unpaired) electrons. The van der Waals surface area contributed by atoms with Gasteiger partial charge in [-0.15, -0.1) is 0 Å². The van der Waals surface area contributed by atoms with E-state index in [0.29, 0.717) is 23.3 Å². The van der Waals surface area contributed by atoms with Crippen molar-refractivity contribution in [2.75, 3.05) is 12.3 Å². The molecule has 18 heavy (non-hydrogen) atoms. The first-order chi connectivity index (χ1) is 8.69. The van der Waals surface area contributed by atoms with E-state index in [1.54, 1.807) is 18.5 Å². The number of nitrogen functional groups attached to an aromatic ring is 1. The van der Waals surface area contributed by atoms with Crippen molar-refractivity contribution in [2.45, 2.75) is 24.0 Å². The summed E-state index contributed by atoms with van der Waals surface area (Å²) in [7, 11) is 0. The van der Waals surface area contributed by atoms with Crippen molar-refractivity contribution in [3.05, 3.63) is 30.1 Å². The van der Waals surface area contributed by atoms with E-state index in [2.05, 4.69) is 15.0 Å². The highest BCUT2D eigenvalue weighted by Gasteiger charge is 2.06. The molecule has 2 N–H and O–H groups in total. The second kappa shape index (κ2) is 5.68. The van der Waals surface area contributed by atoms with Gasteiger partial charge >= 0.3 is 0 Å². The summed E-state index contributed by atoms with van der Waals surface area (Å²) >= 11 is 1.38. The number of hydrogen-bond donors (Lipinski definition) is 1. The summed E-state index contributed by atoms with van der Waals surface area (Å²) in [5.74, 6) is 0.453. The van der Waals surface area contributed by atoms with Gasteiger partial charge in [-0.05, 0) is 43.3 Å². The summed E-state index contributed by atoms with van der Waals surface area (Å²) < 4.78 is 5.34. The Hall–Kier alpha value is -1.82. The highest BCUT2D eigenvalue weighted by molar-refractivity contribution is 7.99. The summed E-state index contributed by atoms with van der Waals surface area (Å²) in [5.41, 5.74) is 7.32. The molecule has 2 aromatic heterocycles. The molecule has 2 aromatic rings. The van der Waals surface area contributed by atoms with Crippen LogP contribution in [0.15, 0.2) is 34.7 Å². The first-order valence-electron chi connectivity index (χ1n) is 5.55. The number of nitrogens with two attached hydrogens (primary N) is 1. The molecule has 0 bridgehead atoms. The van der Waals surface area contributed by atoms with Gasteiger partial charge in [-0.3, -0.25) is 0 Å². The summed E-state index contributed by atoms with van der Waals surface area (Å²) in [6.07, 6.45) is 3.55. The van der Waals surface area contributed by atoms with Gasteiger partial charge < -0.3 is 10.5 Å². The molecule has 0 aliphatic carbocycles. The summed E-state index contributed by atoms with van der Waals surface area (Å²) in [4.78, 5) is 12.7. The molecule has 2 rings (SSSR count). The molecule has 94 valence electrons. The zero-order valence-electron chi connectivity index (χ0n) is 10.3. The Morgan fingerprint density at radius 2 is 2.00 bits per heavy atom. The maximum atomic E-state index is 5.76. The number of aromatic nitrogens is 3. The lowest BCUT2D eigenvalue weighted by Gasteiger charge is -2.07. The molecule has 0 spiro atoms. The monoisotopic (exact) mass is 262 g/mol. The van der Waals surface area contributed by atoms with Crippen LogP contribution in [0.25, 0.3) is 0 Å². The lowest BCUT2D eigenvalue weighted by molar-refractivity contribution is 0.326. The van der Waals surface area contributed by atoms with Gasteiger partial charge in [0.2, 0.25) is 5.88 Å². The lowest BCUT2D eigenvalue weighted by atomic mass is 10.4. The first kappa shape index (κ1) is 12.6. The fraction of sp³-hybridized carbons (Fsp3) is 0.250. The Balaban J connectivity index is 2.18. The Morgan fingerprint density at radius 3 is 2.67 bits per heavy atom. The third-order valence-corrected chi connectivity index (χ3v) is 2.93. The fourth-order valence-corrected chi connectivity index (χ4v) is 1.93. The molecule has 6 heteroatoms. The van der Waals surface area contributed by atoms with Crippen LogP contribution < -0.4 is 10.5 Å². The van der Waals surface area contributed by atoms with Gasteiger partial charge in [0.15, 0.2) is 5.16 Å². The molecule has 0 atom stereocenters. The van der Waals surface area contributed by atoms with Crippen LogP contribution in [0.1, 0.15) is 12.5 Å². The number of pyridine rings is 1. The molecule has 0 saturated carbocycles. The largest absolute Gasteiger partial charge is 0.476 e. The first-order valence-corrected chi connectivity index (χ1v) is 6.36. The zero-order chi connectivity index (χ0) is 13.0. The van der Waals surface area contributed by atoms with Crippen LogP contribution in [0, 0.1) is 6.92 Å². The lowest BCUT2D eigenvalue weighted by Crippen LogP contribution is -2.00. The van der Waals surface area contributed by atoms with Crippen molar-refractivity contribution < 1.29 is 4.74 Å². The fourth-order valence-electron chi connectivity index (χ4n) is 1.27. The highest BCUT2D eigenvalue weighted by Crippen LogP contribution is 2.27. The van der Waals surface area contributed by atoms with Gasteiger partial charge in [0.25, 0.3) is 0 Å². The van der Waals surface area contributed by atoms with Gasteiger partial charge in [0.1, 0.15) is 5.03 Å². The van der Waals surface area contributed by atoms with Crippen LogP contribution in [-0.4, -0.2) is 21.6 Å². The zero-order valence-corrected chi connectivity index (χ0v) is 11.1. The Labute approximate surface area is 110 Å². The quantitative estimate of drug-likeness (QED) is 0.852. The van der Waals surface area contributed by atoms with Gasteiger partial charge in [-0.25, -0.2) is 15.0 Å². The Morgan fingerprint density at radius 1 is 1.28 bits per heavy atom. The van der Waals surface area contributed by atoms with E-state index in [1.165, 1.54) is 11.8 Å². The molecule has 0 aliphatic heterocycles. The number of nitrogens with zero attached hydrogens (tertiary/aromatic N) is 3. The molecule has 5 nitrogen and oxygen atoms in total. The number of anilines is 1. The molecular formula is C12H14N4OS. The third-order valence-electron chi connectivity index (χ3n) is 2.10. The maximum Gasteiger partial charge on any atom is 0.238 e. The molecular weight excluding hydrogens is 248 g/mol. The SMILES string of the molecule is CCOc1nc(Sc2ncc(C)cn2)ccc1N. The number of ether oxygens (including phenoxy) is 1. The summed E-state index contributed by atoms with van der Waals surface area (Å²) in [5, 5.41) is 1.41. The average Bonchev–Trinajstić information content (AvgIpc) is 2.37. The Kier molecular flexibility index (Phi) is 3.99. The third kappa shape index (κ3) is 3.10. The second-order valence-corrected chi connectivity index (χ2v) is 4.61. The standard InChI is InChI=1S/C12H14N4OS/c1-3-17-11-9(13)4-5-10(16-11)18-12-14-6-8(2)7-15-12/h4-7H,3,13H2,1-2H3. The molecule has 0 aliphatic rings. The normalized spacial score (nSPS) is 10.3. The topological polar surface area (TPSA) is 73.9 Å². The minimum Gasteiger partial charge on any atom is -0.476 e.